The Hall–Kier alpha value is -3.97. The fourth-order valence-electron chi connectivity index (χ4n) is 2.80. The average Bonchev–Trinajstić information content (AvgIpc) is 2.80. The van der Waals surface area contributed by atoms with E-state index in [4.69, 9.17) is 19.5 Å². The molecule has 0 atom stereocenters. The molecule has 0 aliphatic heterocycles. The summed E-state index contributed by atoms with van der Waals surface area (Å²) in [4.78, 5) is 12.4. The number of hydrogen-bond acceptors (Lipinski definition) is 6. The van der Waals surface area contributed by atoms with Crippen molar-refractivity contribution in [1.29, 1.82) is 10.5 Å². The predicted octanol–water partition coefficient (Wildman–Crippen LogP) is 3.65. The monoisotopic (exact) mass is 419 g/mol. The van der Waals surface area contributed by atoms with Crippen molar-refractivity contribution in [2.75, 3.05) is 27.4 Å². The number of hydrogen-bond donors (Lipinski definition) is 1. The normalized spacial score (nSPS) is 10.5. The Bertz CT molecular complexity index is 1000. The van der Waals surface area contributed by atoms with Crippen LogP contribution < -0.4 is 19.5 Å². The van der Waals surface area contributed by atoms with Gasteiger partial charge in [-0.1, -0.05) is 18.2 Å². The molecule has 160 valence electrons. The third-order valence-corrected chi connectivity index (χ3v) is 4.38. The second-order valence-corrected chi connectivity index (χ2v) is 6.55. The molecule has 0 unspecified atom stereocenters. The number of rotatable bonds is 11. The van der Waals surface area contributed by atoms with E-state index in [9.17, 15) is 10.1 Å². The van der Waals surface area contributed by atoms with Crippen molar-refractivity contribution in [3.8, 4) is 29.4 Å². The third-order valence-electron chi connectivity index (χ3n) is 4.38. The highest BCUT2D eigenvalue weighted by Gasteiger charge is 2.10. The first-order valence-corrected chi connectivity index (χ1v) is 9.82. The Kier molecular flexibility index (Phi) is 9.45. The van der Waals surface area contributed by atoms with E-state index in [0.29, 0.717) is 55.2 Å². The van der Waals surface area contributed by atoms with E-state index in [1.807, 2.05) is 24.3 Å². The van der Waals surface area contributed by atoms with Gasteiger partial charge in [0, 0.05) is 13.0 Å². The van der Waals surface area contributed by atoms with Crippen LogP contribution in [0.2, 0.25) is 0 Å². The predicted molar refractivity (Wildman–Crippen MR) is 117 cm³/mol. The van der Waals surface area contributed by atoms with E-state index < -0.39 is 5.91 Å². The van der Waals surface area contributed by atoms with Crippen molar-refractivity contribution in [2.24, 2.45) is 0 Å². The molecule has 7 nitrogen and oxygen atoms in total. The number of nitrogens with zero attached hydrogens (tertiary/aromatic N) is 2. The molecule has 2 rings (SSSR count). The molecule has 0 saturated heterocycles. The van der Waals surface area contributed by atoms with Crippen LogP contribution in [-0.4, -0.2) is 33.3 Å². The first-order chi connectivity index (χ1) is 15.1. The molecule has 2 aromatic carbocycles. The average molecular weight is 419 g/mol. The number of nitriles is 2. The van der Waals surface area contributed by atoms with E-state index in [-0.39, 0.29) is 5.57 Å². The molecule has 0 saturated carbocycles. The minimum Gasteiger partial charge on any atom is -0.494 e. The van der Waals surface area contributed by atoms with Gasteiger partial charge in [0.05, 0.1) is 26.9 Å². The van der Waals surface area contributed by atoms with Crippen LogP contribution in [0.5, 0.6) is 17.2 Å². The Labute approximate surface area is 182 Å². The van der Waals surface area contributed by atoms with Crippen molar-refractivity contribution in [2.45, 2.75) is 19.3 Å². The van der Waals surface area contributed by atoms with Gasteiger partial charge in [-0.05, 0) is 54.3 Å². The summed E-state index contributed by atoms with van der Waals surface area (Å²) in [7, 11) is 3.14. The second kappa shape index (κ2) is 12.6. The molecule has 2 aromatic rings. The Morgan fingerprint density at radius 1 is 1.10 bits per heavy atom. The number of carbonyl (C=O) groups is 1. The zero-order valence-electron chi connectivity index (χ0n) is 17.7. The van der Waals surface area contributed by atoms with Crippen molar-refractivity contribution in [1.82, 2.24) is 5.32 Å². The molecular formula is C24H25N3O4. The van der Waals surface area contributed by atoms with Crippen LogP contribution in [-0.2, 0) is 11.2 Å². The Morgan fingerprint density at radius 2 is 1.90 bits per heavy atom. The van der Waals surface area contributed by atoms with Crippen LogP contribution in [0, 0.1) is 22.7 Å². The number of benzene rings is 2. The maximum atomic E-state index is 12.4. The highest BCUT2D eigenvalue weighted by atomic mass is 16.5. The van der Waals surface area contributed by atoms with Gasteiger partial charge in [0.25, 0.3) is 5.91 Å². The van der Waals surface area contributed by atoms with Gasteiger partial charge in [0.2, 0.25) is 0 Å². The zero-order chi connectivity index (χ0) is 22.5. The lowest BCUT2D eigenvalue weighted by molar-refractivity contribution is -0.117. The highest BCUT2D eigenvalue weighted by Crippen LogP contribution is 2.27. The maximum Gasteiger partial charge on any atom is 0.261 e. The summed E-state index contributed by atoms with van der Waals surface area (Å²) in [6.45, 7) is 0.803. The van der Waals surface area contributed by atoms with Crippen LogP contribution in [0.25, 0.3) is 6.08 Å². The molecule has 0 heterocycles. The fraction of sp³-hybridized carbons (Fsp3) is 0.292. The van der Waals surface area contributed by atoms with Gasteiger partial charge in [-0.25, -0.2) is 0 Å². The van der Waals surface area contributed by atoms with E-state index in [1.165, 1.54) is 6.08 Å². The zero-order valence-corrected chi connectivity index (χ0v) is 17.7. The number of methoxy groups -OCH3 is 2. The fourth-order valence-corrected chi connectivity index (χ4v) is 2.80. The largest absolute Gasteiger partial charge is 0.494 e. The smallest absolute Gasteiger partial charge is 0.261 e. The van der Waals surface area contributed by atoms with Gasteiger partial charge >= 0.3 is 0 Å². The number of amides is 1. The number of nitrogens with one attached hydrogen (secondary N) is 1. The molecule has 0 fully saturated rings. The van der Waals surface area contributed by atoms with Gasteiger partial charge in [-0.15, -0.1) is 0 Å². The van der Waals surface area contributed by atoms with Crippen LogP contribution in [0.3, 0.4) is 0 Å². The summed E-state index contributed by atoms with van der Waals surface area (Å²) in [6.07, 6.45) is 3.18. The summed E-state index contributed by atoms with van der Waals surface area (Å²) < 4.78 is 16.1. The lowest BCUT2D eigenvalue weighted by atomic mass is 10.1. The van der Waals surface area contributed by atoms with Gasteiger partial charge in [0.1, 0.15) is 17.4 Å². The molecule has 0 aliphatic rings. The number of carbonyl (C=O) groups excluding carboxylic acids is 1. The number of unbranched alkanes of at least 4 members (excludes halogenated alkanes) is 1. The summed E-state index contributed by atoms with van der Waals surface area (Å²) in [6, 6.07) is 16.7. The van der Waals surface area contributed by atoms with Crippen molar-refractivity contribution in [3.05, 3.63) is 59.2 Å². The van der Waals surface area contributed by atoms with Gasteiger partial charge in [-0.2, -0.15) is 10.5 Å². The molecule has 1 amide bonds. The van der Waals surface area contributed by atoms with Crippen molar-refractivity contribution >= 4 is 12.0 Å². The summed E-state index contributed by atoms with van der Waals surface area (Å²) in [5, 5.41) is 20.7. The lowest BCUT2D eigenvalue weighted by Crippen LogP contribution is -2.26. The topological polar surface area (TPSA) is 104 Å². The standard InChI is InChI=1S/C24H25N3O4/c1-29-22-9-8-18(16-23(22)30-2)10-12-27-24(28)20(17-26)14-19-6-5-7-21(15-19)31-13-4-3-11-25/h5-9,14-16H,3-4,10,12-13H2,1-2H3,(H,27,28)/b20-14-. The first-order valence-electron chi connectivity index (χ1n) is 9.82. The molecule has 31 heavy (non-hydrogen) atoms. The first kappa shape index (κ1) is 23.3. The molecule has 0 aromatic heterocycles. The maximum absolute atomic E-state index is 12.4. The highest BCUT2D eigenvalue weighted by molar-refractivity contribution is 6.01. The lowest BCUT2D eigenvalue weighted by Gasteiger charge is -2.10. The van der Waals surface area contributed by atoms with Crippen LogP contribution >= 0.6 is 0 Å². The van der Waals surface area contributed by atoms with Gasteiger partial charge in [-0.3, -0.25) is 4.79 Å². The van der Waals surface area contributed by atoms with Crippen molar-refractivity contribution in [3.63, 3.8) is 0 Å². The van der Waals surface area contributed by atoms with Crippen LogP contribution in [0.1, 0.15) is 24.0 Å². The molecule has 0 spiro atoms. The van der Waals surface area contributed by atoms with Gasteiger partial charge < -0.3 is 19.5 Å². The molecule has 1 N–H and O–H groups in total. The molecular weight excluding hydrogens is 394 g/mol. The summed E-state index contributed by atoms with van der Waals surface area (Å²) in [5.74, 6) is 1.45. The van der Waals surface area contributed by atoms with E-state index in [2.05, 4.69) is 11.4 Å². The molecule has 0 radical (unpaired) electrons. The van der Waals surface area contributed by atoms with Crippen molar-refractivity contribution < 1.29 is 19.0 Å². The van der Waals surface area contributed by atoms with Gasteiger partial charge in [0.15, 0.2) is 11.5 Å². The molecule has 0 aliphatic carbocycles. The quantitative estimate of drug-likeness (QED) is 0.339. The second-order valence-electron chi connectivity index (χ2n) is 6.55. The summed E-state index contributed by atoms with van der Waals surface area (Å²) >= 11 is 0. The summed E-state index contributed by atoms with van der Waals surface area (Å²) in [5.41, 5.74) is 1.67. The molecule has 7 heteroatoms. The number of ether oxygens (including phenoxy) is 3. The van der Waals surface area contributed by atoms with E-state index >= 15 is 0 Å². The Balaban J connectivity index is 1.95. The minimum atomic E-state index is -0.441. The SMILES string of the molecule is COc1ccc(CCNC(=O)/C(C#N)=C\c2cccc(OCCCC#N)c2)cc1OC. The van der Waals surface area contributed by atoms with Crippen LogP contribution in [0.4, 0.5) is 0 Å². The van der Waals surface area contributed by atoms with Crippen LogP contribution in [0.15, 0.2) is 48.0 Å². The van der Waals surface area contributed by atoms with E-state index in [0.717, 1.165) is 5.56 Å². The Morgan fingerprint density at radius 3 is 2.61 bits per heavy atom. The van der Waals surface area contributed by atoms with E-state index in [1.54, 1.807) is 38.5 Å². The molecule has 0 bridgehead atoms. The third kappa shape index (κ3) is 7.41. The minimum absolute atomic E-state index is 0.00828.